The molecule has 29 heavy (non-hydrogen) atoms. The minimum Gasteiger partial charge on any atom is -0.352 e. The van der Waals surface area contributed by atoms with Gasteiger partial charge in [-0.1, -0.05) is 31.4 Å². The van der Waals surface area contributed by atoms with Crippen LogP contribution in [0.3, 0.4) is 0 Å². The highest BCUT2D eigenvalue weighted by Crippen LogP contribution is 2.42. The van der Waals surface area contributed by atoms with Gasteiger partial charge in [0.05, 0.1) is 17.8 Å². The Morgan fingerprint density at radius 2 is 1.69 bits per heavy atom. The van der Waals surface area contributed by atoms with E-state index in [1.54, 1.807) is 0 Å². The third kappa shape index (κ3) is 3.42. The summed E-state index contributed by atoms with van der Waals surface area (Å²) in [5, 5.41) is 4.43. The van der Waals surface area contributed by atoms with E-state index in [1.165, 1.54) is 37.8 Å². The highest BCUT2D eigenvalue weighted by atomic mass is 32.1. The van der Waals surface area contributed by atoms with E-state index in [1.807, 2.05) is 42.7 Å². The van der Waals surface area contributed by atoms with Crippen molar-refractivity contribution < 1.29 is 0 Å². The maximum Gasteiger partial charge on any atom is 0.170 e. The van der Waals surface area contributed by atoms with Crippen molar-refractivity contribution in [2.24, 2.45) is 0 Å². The fourth-order valence-electron chi connectivity index (χ4n) is 4.77. The molecule has 2 aliphatic rings. The van der Waals surface area contributed by atoms with Gasteiger partial charge in [-0.25, -0.2) is 4.98 Å². The molecule has 1 N–H and O–H groups in total. The molecule has 0 radical (unpaired) electrons. The van der Waals surface area contributed by atoms with Crippen molar-refractivity contribution in [2.45, 2.75) is 50.2 Å². The van der Waals surface area contributed by atoms with Gasteiger partial charge >= 0.3 is 0 Å². The number of nitrogens with one attached hydrogen (secondary N) is 1. The first kappa shape index (κ1) is 18.3. The smallest absolute Gasteiger partial charge is 0.170 e. The Morgan fingerprint density at radius 1 is 0.897 bits per heavy atom. The molecule has 1 aliphatic carbocycles. The Bertz CT molecular complexity index is 965. The number of rotatable bonds is 4. The van der Waals surface area contributed by atoms with Gasteiger partial charge < -0.3 is 14.8 Å². The summed E-state index contributed by atoms with van der Waals surface area (Å²) in [7, 11) is 0. The molecule has 148 valence electrons. The van der Waals surface area contributed by atoms with Gasteiger partial charge in [0.1, 0.15) is 5.82 Å². The predicted octanol–water partition coefficient (Wildman–Crippen LogP) is 4.57. The zero-order valence-corrected chi connectivity index (χ0v) is 17.1. The maximum absolute atomic E-state index is 5.87. The Hall–Kier alpha value is -2.73. The van der Waals surface area contributed by atoms with E-state index in [4.69, 9.17) is 12.2 Å². The predicted molar refractivity (Wildman–Crippen MR) is 118 cm³/mol. The largest absolute Gasteiger partial charge is 0.352 e. The normalized spacial score (nSPS) is 22.6. The van der Waals surface area contributed by atoms with Crippen LogP contribution in [0.1, 0.15) is 55.6 Å². The molecule has 3 aromatic heterocycles. The average Bonchev–Trinajstić information content (AvgIpc) is 3.40. The fourth-order valence-corrected chi connectivity index (χ4v) is 5.16. The Morgan fingerprint density at radius 3 is 2.41 bits per heavy atom. The van der Waals surface area contributed by atoms with E-state index in [0.717, 1.165) is 16.6 Å². The maximum atomic E-state index is 5.87. The quantitative estimate of drug-likeness (QED) is 0.647. The van der Waals surface area contributed by atoms with Gasteiger partial charge in [0.15, 0.2) is 5.11 Å². The minimum absolute atomic E-state index is 0.0167. The summed E-state index contributed by atoms with van der Waals surface area (Å²) in [6.07, 6.45) is 12.0. The van der Waals surface area contributed by atoms with Gasteiger partial charge in [-0.05, 0) is 61.5 Å². The van der Waals surface area contributed by atoms with E-state index in [2.05, 4.69) is 49.1 Å². The zero-order valence-electron chi connectivity index (χ0n) is 16.3. The van der Waals surface area contributed by atoms with Crippen LogP contribution in [0.2, 0.25) is 0 Å². The van der Waals surface area contributed by atoms with Gasteiger partial charge in [0.25, 0.3) is 0 Å². The van der Waals surface area contributed by atoms with E-state index in [-0.39, 0.29) is 12.1 Å². The van der Waals surface area contributed by atoms with Crippen LogP contribution in [0.4, 0.5) is 0 Å². The molecule has 5 nitrogen and oxygen atoms in total. The molecule has 3 aromatic rings. The Balaban J connectivity index is 1.61. The third-order valence-corrected chi connectivity index (χ3v) is 6.41. The standard InChI is InChI=1S/C23H25N5S/c29-23-26-21(18-11-4-6-14-24-18)22(28(23)17-9-2-1-3-10-17)19-12-8-16-27(19)20-13-5-7-15-25-20/h4-8,11-17,21-22H,1-3,9-10H2,(H,26,29)/t21-,22-/m1/s1. The van der Waals surface area contributed by atoms with Gasteiger partial charge in [0, 0.05) is 30.3 Å². The molecule has 0 amide bonds. The number of hydrogen-bond donors (Lipinski definition) is 1. The van der Waals surface area contributed by atoms with Crippen LogP contribution in [0.5, 0.6) is 0 Å². The summed E-state index contributed by atoms with van der Waals surface area (Å²) in [4.78, 5) is 11.7. The number of pyridine rings is 2. The first-order chi connectivity index (χ1) is 14.3. The molecule has 0 spiro atoms. The lowest BCUT2D eigenvalue weighted by Gasteiger charge is -2.37. The number of thiocarbonyl (C=S) groups is 1. The van der Waals surface area contributed by atoms with Crippen LogP contribution in [-0.4, -0.2) is 30.6 Å². The van der Waals surface area contributed by atoms with E-state index in [0.29, 0.717) is 6.04 Å². The van der Waals surface area contributed by atoms with Crippen molar-refractivity contribution in [3.63, 3.8) is 0 Å². The van der Waals surface area contributed by atoms with Crippen molar-refractivity contribution in [3.05, 3.63) is 78.5 Å². The SMILES string of the molecule is S=C1N[C@H](c2ccccn2)[C@@H](c2cccn2-c2ccccn2)N1C1CCCCC1. The van der Waals surface area contributed by atoms with Gasteiger partial charge in [0.2, 0.25) is 0 Å². The summed E-state index contributed by atoms with van der Waals surface area (Å²) in [5.74, 6) is 0.925. The molecule has 2 atom stereocenters. The lowest BCUT2D eigenvalue weighted by Crippen LogP contribution is -2.40. The van der Waals surface area contributed by atoms with Crippen LogP contribution in [0, 0.1) is 0 Å². The second kappa shape index (κ2) is 7.95. The number of nitrogens with zero attached hydrogens (tertiary/aromatic N) is 4. The van der Waals surface area contributed by atoms with E-state index in [9.17, 15) is 0 Å². The Kier molecular flexibility index (Phi) is 5.02. The Labute approximate surface area is 176 Å². The molecule has 6 heteroatoms. The molecule has 0 unspecified atom stereocenters. The van der Waals surface area contributed by atoms with Crippen molar-refractivity contribution >= 4 is 17.3 Å². The lowest BCUT2D eigenvalue weighted by molar-refractivity contribution is 0.193. The fraction of sp³-hybridized carbons (Fsp3) is 0.348. The summed E-state index contributed by atoms with van der Waals surface area (Å²) in [5.41, 5.74) is 2.21. The van der Waals surface area contributed by atoms with Crippen LogP contribution < -0.4 is 5.32 Å². The van der Waals surface area contributed by atoms with Crippen molar-refractivity contribution in [3.8, 4) is 5.82 Å². The third-order valence-electron chi connectivity index (χ3n) is 6.08. The molecule has 1 aliphatic heterocycles. The van der Waals surface area contributed by atoms with Crippen molar-refractivity contribution in [2.75, 3.05) is 0 Å². The van der Waals surface area contributed by atoms with Crippen LogP contribution in [0.25, 0.3) is 5.82 Å². The van der Waals surface area contributed by atoms with Crippen LogP contribution in [0.15, 0.2) is 67.1 Å². The first-order valence-corrected chi connectivity index (χ1v) is 10.8. The van der Waals surface area contributed by atoms with Crippen LogP contribution in [-0.2, 0) is 0 Å². The molecular formula is C23H25N5S. The monoisotopic (exact) mass is 403 g/mol. The number of hydrogen-bond acceptors (Lipinski definition) is 3. The highest BCUT2D eigenvalue weighted by molar-refractivity contribution is 7.80. The van der Waals surface area contributed by atoms with Gasteiger partial charge in [-0.3, -0.25) is 4.98 Å². The topological polar surface area (TPSA) is 46.0 Å². The second-order valence-electron chi connectivity index (χ2n) is 7.82. The second-order valence-corrected chi connectivity index (χ2v) is 8.20. The van der Waals surface area contributed by atoms with Gasteiger partial charge in [-0.15, -0.1) is 0 Å². The molecule has 0 aromatic carbocycles. The lowest BCUT2D eigenvalue weighted by atomic mass is 9.92. The minimum atomic E-state index is 0.0167. The summed E-state index contributed by atoms with van der Waals surface area (Å²) in [6, 6.07) is 17.0. The summed E-state index contributed by atoms with van der Waals surface area (Å²) >= 11 is 5.87. The molecule has 2 fully saturated rings. The molecule has 1 saturated carbocycles. The van der Waals surface area contributed by atoms with Crippen molar-refractivity contribution in [1.82, 2.24) is 24.8 Å². The molecule has 5 rings (SSSR count). The summed E-state index contributed by atoms with van der Waals surface area (Å²) < 4.78 is 2.19. The van der Waals surface area contributed by atoms with Gasteiger partial charge in [-0.2, -0.15) is 0 Å². The van der Waals surface area contributed by atoms with Crippen molar-refractivity contribution in [1.29, 1.82) is 0 Å². The number of aromatic nitrogens is 3. The van der Waals surface area contributed by atoms with Crippen LogP contribution >= 0.6 is 12.2 Å². The first-order valence-electron chi connectivity index (χ1n) is 10.4. The average molecular weight is 404 g/mol. The van der Waals surface area contributed by atoms with E-state index >= 15 is 0 Å². The zero-order chi connectivity index (χ0) is 19.6. The molecule has 1 saturated heterocycles. The molecule has 4 heterocycles. The molecule has 0 bridgehead atoms. The van der Waals surface area contributed by atoms with E-state index < -0.39 is 0 Å². The highest BCUT2D eigenvalue weighted by Gasteiger charge is 2.44. The summed E-state index contributed by atoms with van der Waals surface area (Å²) in [6.45, 7) is 0. The molecular weight excluding hydrogens is 378 g/mol.